The second-order valence-electron chi connectivity index (χ2n) is 9.37. The molecule has 9 nitrogen and oxygen atoms in total. The molecule has 4 rings (SSSR count). The van der Waals surface area contributed by atoms with E-state index in [9.17, 15) is 9.59 Å². The third-order valence-electron chi connectivity index (χ3n) is 6.85. The van der Waals surface area contributed by atoms with E-state index in [1.54, 1.807) is 44.6 Å². The number of amides is 2. The van der Waals surface area contributed by atoms with Gasteiger partial charge in [-0.3, -0.25) is 9.59 Å². The SMILES string of the molecule is CCOCCCNC(=O)c1cc(NC(=O)c2ccc(OC)cc2)ccc1N1CCN(c2ccccc2OC)CC1. The van der Waals surface area contributed by atoms with E-state index >= 15 is 0 Å². The summed E-state index contributed by atoms with van der Waals surface area (Å²) in [5, 5.41) is 5.94. The quantitative estimate of drug-likeness (QED) is 0.325. The highest BCUT2D eigenvalue weighted by atomic mass is 16.5. The summed E-state index contributed by atoms with van der Waals surface area (Å²) in [5.74, 6) is 1.08. The molecule has 0 aromatic heterocycles. The van der Waals surface area contributed by atoms with Gasteiger partial charge in [0.25, 0.3) is 11.8 Å². The number of para-hydroxylation sites is 2. The predicted molar refractivity (Wildman–Crippen MR) is 158 cm³/mol. The van der Waals surface area contributed by atoms with Gasteiger partial charge in [0.2, 0.25) is 0 Å². The maximum absolute atomic E-state index is 13.4. The number of carbonyl (C=O) groups excluding carboxylic acids is 2. The van der Waals surface area contributed by atoms with Crippen LogP contribution in [0.25, 0.3) is 0 Å². The number of nitrogens with zero attached hydrogens (tertiary/aromatic N) is 2. The molecule has 3 aromatic carbocycles. The highest BCUT2D eigenvalue weighted by Crippen LogP contribution is 2.31. The molecule has 0 aliphatic carbocycles. The number of rotatable bonds is 12. The van der Waals surface area contributed by atoms with Crippen LogP contribution in [0.5, 0.6) is 11.5 Å². The van der Waals surface area contributed by atoms with Gasteiger partial charge in [0, 0.05) is 62.9 Å². The molecule has 1 fully saturated rings. The molecule has 1 aliphatic heterocycles. The summed E-state index contributed by atoms with van der Waals surface area (Å²) < 4.78 is 16.1. The van der Waals surface area contributed by atoms with Crippen LogP contribution in [0.1, 0.15) is 34.1 Å². The Morgan fingerprint density at radius 3 is 2.20 bits per heavy atom. The van der Waals surface area contributed by atoms with Crippen LogP contribution in [0, 0.1) is 0 Å². The topological polar surface area (TPSA) is 92.4 Å². The minimum atomic E-state index is -0.260. The van der Waals surface area contributed by atoms with E-state index in [4.69, 9.17) is 14.2 Å². The van der Waals surface area contributed by atoms with Gasteiger partial charge in [-0.1, -0.05) is 12.1 Å². The molecule has 3 aromatic rings. The lowest BCUT2D eigenvalue weighted by molar-refractivity contribution is 0.0943. The van der Waals surface area contributed by atoms with Crippen molar-refractivity contribution in [1.29, 1.82) is 0 Å². The summed E-state index contributed by atoms with van der Waals surface area (Å²) in [4.78, 5) is 30.8. The van der Waals surface area contributed by atoms with Gasteiger partial charge in [-0.2, -0.15) is 0 Å². The van der Waals surface area contributed by atoms with Crippen LogP contribution < -0.4 is 29.9 Å². The monoisotopic (exact) mass is 546 g/mol. The van der Waals surface area contributed by atoms with Crippen LogP contribution in [-0.4, -0.2) is 72.0 Å². The molecule has 1 heterocycles. The fraction of sp³-hybridized carbons (Fsp3) is 0.355. The zero-order chi connectivity index (χ0) is 28.3. The van der Waals surface area contributed by atoms with Crippen molar-refractivity contribution in [3.8, 4) is 11.5 Å². The third-order valence-corrected chi connectivity index (χ3v) is 6.85. The van der Waals surface area contributed by atoms with Crippen LogP contribution >= 0.6 is 0 Å². The third kappa shape index (κ3) is 7.24. The van der Waals surface area contributed by atoms with Crippen molar-refractivity contribution in [2.45, 2.75) is 13.3 Å². The summed E-state index contributed by atoms with van der Waals surface area (Å²) >= 11 is 0. The zero-order valence-electron chi connectivity index (χ0n) is 23.4. The minimum absolute atomic E-state index is 0.181. The van der Waals surface area contributed by atoms with Crippen LogP contribution in [0.3, 0.4) is 0 Å². The number of hydrogen-bond donors (Lipinski definition) is 2. The minimum Gasteiger partial charge on any atom is -0.497 e. The van der Waals surface area contributed by atoms with Gasteiger partial charge >= 0.3 is 0 Å². The van der Waals surface area contributed by atoms with Crippen LogP contribution in [0.4, 0.5) is 17.1 Å². The van der Waals surface area contributed by atoms with Crippen molar-refractivity contribution in [3.63, 3.8) is 0 Å². The van der Waals surface area contributed by atoms with Crippen molar-refractivity contribution >= 4 is 28.9 Å². The molecule has 0 radical (unpaired) electrons. The number of benzene rings is 3. The molecular weight excluding hydrogens is 508 g/mol. The van der Waals surface area contributed by atoms with Gasteiger partial charge in [-0.25, -0.2) is 0 Å². The molecule has 9 heteroatoms. The molecule has 40 heavy (non-hydrogen) atoms. The first-order chi connectivity index (χ1) is 19.5. The van der Waals surface area contributed by atoms with Crippen molar-refractivity contribution in [2.24, 2.45) is 0 Å². The van der Waals surface area contributed by atoms with Crippen LogP contribution in [0.15, 0.2) is 66.7 Å². The van der Waals surface area contributed by atoms with E-state index in [-0.39, 0.29) is 11.8 Å². The van der Waals surface area contributed by atoms with Crippen molar-refractivity contribution in [2.75, 3.05) is 75.3 Å². The van der Waals surface area contributed by atoms with Gasteiger partial charge in [-0.15, -0.1) is 0 Å². The molecule has 2 N–H and O–H groups in total. The fourth-order valence-corrected chi connectivity index (χ4v) is 4.71. The molecule has 0 bridgehead atoms. The number of anilines is 3. The second kappa shape index (κ2) is 14.2. The molecular formula is C31H38N4O5. The Bertz CT molecular complexity index is 1270. The Hall–Kier alpha value is -4.24. The van der Waals surface area contributed by atoms with Gasteiger partial charge < -0.3 is 34.6 Å². The summed E-state index contributed by atoms with van der Waals surface area (Å²) in [5.41, 5.74) is 3.48. The summed E-state index contributed by atoms with van der Waals surface area (Å²) in [6.07, 6.45) is 0.723. The molecule has 0 unspecified atom stereocenters. The standard InChI is InChI=1S/C31H38N4O5/c1-4-40-21-7-16-32-31(37)26-22-24(33-30(36)23-10-13-25(38-2)14-11-23)12-15-27(26)34-17-19-35(20-18-34)28-8-5-6-9-29(28)39-3/h5-6,8-15,22H,4,7,16-21H2,1-3H3,(H,32,37)(H,33,36). The Morgan fingerprint density at radius 2 is 1.52 bits per heavy atom. The van der Waals surface area contributed by atoms with Crippen molar-refractivity contribution in [1.82, 2.24) is 5.32 Å². The van der Waals surface area contributed by atoms with Crippen molar-refractivity contribution < 1.29 is 23.8 Å². The number of carbonyl (C=O) groups is 2. The molecule has 212 valence electrons. The van der Waals surface area contributed by atoms with E-state index < -0.39 is 0 Å². The lowest BCUT2D eigenvalue weighted by atomic mass is 10.1. The summed E-state index contributed by atoms with van der Waals surface area (Å²) in [7, 11) is 3.27. The number of ether oxygens (including phenoxy) is 3. The molecule has 0 saturated carbocycles. The molecule has 1 saturated heterocycles. The summed E-state index contributed by atoms with van der Waals surface area (Å²) in [6.45, 7) is 6.73. The average Bonchev–Trinajstić information content (AvgIpc) is 3.01. The highest BCUT2D eigenvalue weighted by molar-refractivity contribution is 6.06. The van der Waals surface area contributed by atoms with E-state index in [0.717, 1.165) is 49.7 Å². The second-order valence-corrected chi connectivity index (χ2v) is 9.37. The van der Waals surface area contributed by atoms with Gasteiger partial charge in [0.15, 0.2) is 0 Å². The lowest BCUT2D eigenvalue weighted by Gasteiger charge is -2.38. The van der Waals surface area contributed by atoms with Gasteiger partial charge in [-0.05, 0) is 67.9 Å². The Balaban J connectivity index is 1.50. The maximum Gasteiger partial charge on any atom is 0.255 e. The smallest absolute Gasteiger partial charge is 0.255 e. The summed E-state index contributed by atoms with van der Waals surface area (Å²) in [6, 6.07) is 20.4. The maximum atomic E-state index is 13.4. The average molecular weight is 547 g/mol. The largest absolute Gasteiger partial charge is 0.497 e. The molecule has 0 spiro atoms. The molecule has 2 amide bonds. The zero-order valence-corrected chi connectivity index (χ0v) is 23.4. The van der Waals surface area contributed by atoms with Gasteiger partial charge in [0.05, 0.1) is 25.5 Å². The number of nitrogens with one attached hydrogen (secondary N) is 2. The number of methoxy groups -OCH3 is 2. The predicted octanol–water partition coefficient (Wildman–Crippen LogP) is 4.44. The van der Waals surface area contributed by atoms with Crippen LogP contribution in [0.2, 0.25) is 0 Å². The first kappa shape index (κ1) is 28.8. The van der Waals surface area contributed by atoms with Gasteiger partial charge in [0.1, 0.15) is 11.5 Å². The Labute approximate surface area is 236 Å². The van der Waals surface area contributed by atoms with E-state index in [2.05, 4.69) is 26.5 Å². The first-order valence-electron chi connectivity index (χ1n) is 13.6. The molecule has 1 aliphatic rings. The lowest BCUT2D eigenvalue weighted by Crippen LogP contribution is -2.47. The Kier molecular flexibility index (Phi) is 10.2. The van der Waals surface area contributed by atoms with E-state index in [0.29, 0.717) is 42.3 Å². The number of piperazine rings is 1. The highest BCUT2D eigenvalue weighted by Gasteiger charge is 2.24. The van der Waals surface area contributed by atoms with Crippen LogP contribution in [-0.2, 0) is 4.74 Å². The first-order valence-corrected chi connectivity index (χ1v) is 13.6. The Morgan fingerprint density at radius 1 is 0.825 bits per heavy atom. The normalized spacial score (nSPS) is 13.1. The fourth-order valence-electron chi connectivity index (χ4n) is 4.71. The number of hydrogen-bond acceptors (Lipinski definition) is 7. The van der Waals surface area contributed by atoms with E-state index in [1.807, 2.05) is 37.3 Å². The van der Waals surface area contributed by atoms with E-state index in [1.165, 1.54) is 0 Å². The molecule has 0 atom stereocenters. The van der Waals surface area contributed by atoms with Crippen molar-refractivity contribution in [3.05, 3.63) is 77.9 Å².